The van der Waals surface area contributed by atoms with Gasteiger partial charge in [-0.15, -0.1) is 0 Å². The molecule has 0 saturated carbocycles. The van der Waals surface area contributed by atoms with Crippen LogP contribution in [0.5, 0.6) is 0 Å². The third kappa shape index (κ3) is 3.58. The highest BCUT2D eigenvalue weighted by Gasteiger charge is 2.13. The van der Waals surface area contributed by atoms with Crippen LogP contribution in [0.25, 0.3) is 0 Å². The number of nitro groups is 1. The number of anilines is 2. The zero-order valence-corrected chi connectivity index (χ0v) is 10.2. The normalized spacial score (nSPS) is 9.89. The van der Waals surface area contributed by atoms with Gasteiger partial charge in [0.05, 0.1) is 17.1 Å². The van der Waals surface area contributed by atoms with E-state index in [1.165, 1.54) is 12.1 Å². The molecule has 8 nitrogen and oxygen atoms in total. The van der Waals surface area contributed by atoms with Crippen LogP contribution in [0.4, 0.5) is 17.3 Å². The van der Waals surface area contributed by atoms with E-state index < -0.39 is 4.92 Å². The van der Waals surface area contributed by atoms with Crippen molar-refractivity contribution in [2.45, 2.75) is 6.42 Å². The Kier molecular flexibility index (Phi) is 4.41. The van der Waals surface area contributed by atoms with Crippen molar-refractivity contribution in [1.29, 1.82) is 0 Å². The van der Waals surface area contributed by atoms with Crippen LogP contribution in [0.3, 0.4) is 0 Å². The molecular formula is C10H15N5O3. The number of hydrogen-bond donors (Lipinski definition) is 2. The number of carbonyl (C=O) groups excluding carboxylic acids is 1. The van der Waals surface area contributed by atoms with Crippen LogP contribution in [-0.4, -0.2) is 36.5 Å². The quantitative estimate of drug-likeness (QED) is 0.570. The molecule has 1 rings (SSSR count). The average molecular weight is 253 g/mol. The number of nitrogen functional groups attached to an aromatic ring is 1. The summed E-state index contributed by atoms with van der Waals surface area (Å²) in [5.41, 5.74) is 5.37. The van der Waals surface area contributed by atoms with Gasteiger partial charge in [0.1, 0.15) is 11.6 Å². The Bertz CT molecular complexity index is 463. The highest BCUT2D eigenvalue weighted by Crippen LogP contribution is 2.20. The van der Waals surface area contributed by atoms with Crippen molar-refractivity contribution in [3.63, 3.8) is 0 Å². The summed E-state index contributed by atoms with van der Waals surface area (Å²) in [5.74, 6) is 0.330. The molecule has 0 radical (unpaired) electrons. The van der Waals surface area contributed by atoms with Crippen LogP contribution in [0.2, 0.25) is 0 Å². The van der Waals surface area contributed by atoms with Crippen LogP contribution < -0.4 is 16.0 Å². The SMILES string of the molecule is CNC(=O)CCN(C)c1cc([N+](=O)[O-])cc(N)n1. The monoisotopic (exact) mass is 253 g/mol. The molecule has 0 aliphatic rings. The second-order valence-corrected chi connectivity index (χ2v) is 3.71. The Morgan fingerprint density at radius 1 is 1.61 bits per heavy atom. The fourth-order valence-corrected chi connectivity index (χ4v) is 1.33. The van der Waals surface area contributed by atoms with Gasteiger partial charge in [0.15, 0.2) is 0 Å². The molecule has 98 valence electrons. The number of rotatable bonds is 5. The summed E-state index contributed by atoms with van der Waals surface area (Å²) in [6, 6.07) is 2.51. The zero-order chi connectivity index (χ0) is 13.7. The second-order valence-electron chi connectivity index (χ2n) is 3.71. The molecule has 0 aliphatic heterocycles. The Morgan fingerprint density at radius 3 is 2.83 bits per heavy atom. The minimum atomic E-state index is -0.534. The maximum atomic E-state index is 11.1. The van der Waals surface area contributed by atoms with E-state index in [0.29, 0.717) is 12.4 Å². The van der Waals surface area contributed by atoms with Crippen LogP contribution in [0, 0.1) is 10.1 Å². The predicted octanol–water partition coefficient (Wildman–Crippen LogP) is 0.144. The number of hydrogen-bond acceptors (Lipinski definition) is 6. The third-order valence-corrected chi connectivity index (χ3v) is 2.37. The molecule has 8 heteroatoms. The van der Waals surface area contributed by atoms with Crippen molar-refractivity contribution in [2.75, 3.05) is 31.3 Å². The van der Waals surface area contributed by atoms with Gasteiger partial charge in [-0.25, -0.2) is 4.98 Å². The van der Waals surface area contributed by atoms with Crippen LogP contribution in [0.1, 0.15) is 6.42 Å². The van der Waals surface area contributed by atoms with Crippen molar-refractivity contribution >= 4 is 23.2 Å². The summed E-state index contributed by atoms with van der Waals surface area (Å²) < 4.78 is 0. The molecule has 1 heterocycles. The van der Waals surface area contributed by atoms with Crippen LogP contribution in [0.15, 0.2) is 12.1 Å². The van der Waals surface area contributed by atoms with Gasteiger partial charge >= 0.3 is 0 Å². The first-order chi connectivity index (χ1) is 8.43. The van der Waals surface area contributed by atoms with Crippen LogP contribution >= 0.6 is 0 Å². The van der Waals surface area contributed by atoms with E-state index in [9.17, 15) is 14.9 Å². The van der Waals surface area contributed by atoms with E-state index >= 15 is 0 Å². The summed E-state index contributed by atoms with van der Waals surface area (Å²) in [7, 11) is 3.24. The molecule has 1 amide bonds. The lowest BCUT2D eigenvalue weighted by atomic mass is 10.3. The molecule has 0 atom stereocenters. The molecule has 1 aromatic heterocycles. The minimum Gasteiger partial charge on any atom is -0.383 e. The van der Waals surface area contributed by atoms with Gasteiger partial charge in [-0.3, -0.25) is 14.9 Å². The van der Waals surface area contributed by atoms with Crippen molar-refractivity contribution < 1.29 is 9.72 Å². The molecule has 3 N–H and O–H groups in total. The first-order valence-electron chi connectivity index (χ1n) is 5.27. The number of pyridine rings is 1. The Hall–Kier alpha value is -2.38. The van der Waals surface area contributed by atoms with Gasteiger partial charge in [0.2, 0.25) is 5.91 Å². The maximum Gasteiger partial charge on any atom is 0.276 e. The molecule has 0 spiro atoms. The lowest BCUT2D eigenvalue weighted by Crippen LogP contribution is -2.27. The largest absolute Gasteiger partial charge is 0.383 e. The molecule has 0 bridgehead atoms. The van der Waals surface area contributed by atoms with Gasteiger partial charge in [-0.2, -0.15) is 0 Å². The highest BCUT2D eigenvalue weighted by atomic mass is 16.6. The number of carbonyl (C=O) groups is 1. The summed E-state index contributed by atoms with van der Waals surface area (Å²) in [5, 5.41) is 13.2. The summed E-state index contributed by atoms with van der Waals surface area (Å²) in [6.45, 7) is 0.396. The Labute approximate surface area is 104 Å². The van der Waals surface area contributed by atoms with E-state index in [-0.39, 0.29) is 23.8 Å². The third-order valence-electron chi connectivity index (χ3n) is 2.37. The fraction of sp³-hybridized carbons (Fsp3) is 0.400. The van der Waals surface area contributed by atoms with E-state index in [2.05, 4.69) is 10.3 Å². The second kappa shape index (κ2) is 5.80. The number of nitrogens with one attached hydrogen (secondary N) is 1. The molecular weight excluding hydrogens is 238 g/mol. The van der Waals surface area contributed by atoms with Crippen molar-refractivity contribution in [1.82, 2.24) is 10.3 Å². The Morgan fingerprint density at radius 2 is 2.28 bits per heavy atom. The lowest BCUT2D eigenvalue weighted by molar-refractivity contribution is -0.384. The van der Waals surface area contributed by atoms with Crippen LogP contribution in [-0.2, 0) is 4.79 Å². The molecule has 0 aromatic carbocycles. The van der Waals surface area contributed by atoms with Gasteiger partial charge in [-0.1, -0.05) is 0 Å². The molecule has 1 aromatic rings. The predicted molar refractivity (Wildman–Crippen MR) is 67.3 cm³/mol. The summed E-state index contributed by atoms with van der Waals surface area (Å²) >= 11 is 0. The smallest absolute Gasteiger partial charge is 0.276 e. The number of nitrogens with zero attached hydrogens (tertiary/aromatic N) is 3. The van der Waals surface area contributed by atoms with Crippen molar-refractivity contribution in [3.8, 4) is 0 Å². The topological polar surface area (TPSA) is 114 Å². The van der Waals surface area contributed by atoms with E-state index in [4.69, 9.17) is 5.73 Å². The van der Waals surface area contributed by atoms with E-state index in [1.807, 2.05) is 0 Å². The maximum absolute atomic E-state index is 11.1. The van der Waals surface area contributed by atoms with E-state index in [1.54, 1.807) is 19.0 Å². The zero-order valence-electron chi connectivity index (χ0n) is 10.2. The van der Waals surface area contributed by atoms with Gasteiger partial charge in [0, 0.05) is 27.1 Å². The molecule has 0 unspecified atom stereocenters. The average Bonchev–Trinajstić information content (AvgIpc) is 2.34. The summed E-state index contributed by atoms with van der Waals surface area (Å²) in [4.78, 5) is 26.9. The summed E-state index contributed by atoms with van der Waals surface area (Å²) in [6.07, 6.45) is 0.275. The Balaban J connectivity index is 2.82. The van der Waals surface area contributed by atoms with E-state index in [0.717, 1.165) is 0 Å². The van der Waals surface area contributed by atoms with Gasteiger partial charge in [-0.05, 0) is 0 Å². The number of aromatic nitrogens is 1. The minimum absolute atomic E-state index is 0.0750. The van der Waals surface area contributed by atoms with Gasteiger partial charge < -0.3 is 16.0 Å². The lowest BCUT2D eigenvalue weighted by Gasteiger charge is -2.17. The molecule has 0 saturated heterocycles. The first kappa shape index (κ1) is 13.7. The number of amides is 1. The standard InChI is InChI=1S/C10H15N5O3/c1-12-10(16)3-4-14(2)9-6-7(15(17)18)5-8(11)13-9/h5-6H,3-4H2,1-2H3,(H2,11,13)(H,12,16). The first-order valence-corrected chi connectivity index (χ1v) is 5.27. The fourth-order valence-electron chi connectivity index (χ4n) is 1.33. The molecule has 18 heavy (non-hydrogen) atoms. The molecule has 0 aliphatic carbocycles. The number of nitrogens with two attached hydrogens (primary N) is 1. The van der Waals surface area contributed by atoms with Crippen molar-refractivity contribution in [3.05, 3.63) is 22.2 Å². The van der Waals surface area contributed by atoms with Crippen molar-refractivity contribution in [2.24, 2.45) is 0 Å². The molecule has 0 fully saturated rings. The van der Waals surface area contributed by atoms with Gasteiger partial charge in [0.25, 0.3) is 5.69 Å². The highest BCUT2D eigenvalue weighted by molar-refractivity contribution is 5.76.